The predicted molar refractivity (Wildman–Crippen MR) is 188 cm³/mol. The summed E-state index contributed by atoms with van der Waals surface area (Å²) in [6.45, 7) is -4.61. The number of aromatic nitrogens is 6. The molecule has 0 radical (unpaired) electrons. The van der Waals surface area contributed by atoms with E-state index in [1.165, 1.54) is 0 Å². The molecule has 0 saturated heterocycles. The molecular formula is C40H28N6. The van der Waals surface area contributed by atoms with E-state index in [1.807, 2.05) is 93.7 Å². The minimum absolute atomic E-state index is 0.224. The highest BCUT2D eigenvalue weighted by atomic mass is 15.2. The van der Waals surface area contributed by atoms with Gasteiger partial charge in [-0.1, -0.05) is 72.8 Å². The van der Waals surface area contributed by atoms with Crippen molar-refractivity contribution in [3.63, 3.8) is 0 Å². The van der Waals surface area contributed by atoms with Crippen molar-refractivity contribution in [2.75, 3.05) is 0 Å². The zero-order valence-electron chi connectivity index (χ0n) is 30.4. The van der Waals surface area contributed by atoms with Gasteiger partial charge in [0.2, 0.25) is 11.6 Å². The standard InChI is InChI=1S/C40H28N6/c1-25-11-7-21-35-37(25)41-39-43(31-17-3-5-19-33(31)45(35)39)29-15-9-13-27(23-29)28-14-10-16-30(24-28)44-32-18-4-6-20-34(32)46-36-22-8-12-26(2)38(36)42-40(44)46/h3-24H,1-2H3/i1D3,2D3. The summed E-state index contributed by atoms with van der Waals surface area (Å²) in [4.78, 5) is 9.92. The molecule has 0 bridgehead atoms. The van der Waals surface area contributed by atoms with Gasteiger partial charge in [0.1, 0.15) is 0 Å². The molecule has 46 heavy (non-hydrogen) atoms. The highest BCUT2D eigenvalue weighted by Crippen LogP contribution is 2.34. The summed E-state index contributed by atoms with van der Waals surface area (Å²) in [7, 11) is 0. The number of rotatable bonds is 3. The average Bonchev–Trinajstić information content (AvgIpc) is 3.87. The first-order valence-corrected chi connectivity index (χ1v) is 15.1. The molecule has 0 amide bonds. The molecule has 10 aromatic rings. The minimum atomic E-state index is -2.30. The van der Waals surface area contributed by atoms with E-state index in [0.29, 0.717) is 22.6 Å². The van der Waals surface area contributed by atoms with Crippen LogP contribution in [0.25, 0.3) is 78.2 Å². The first-order chi connectivity index (χ1) is 25.1. The average molecular weight is 599 g/mol. The molecule has 0 unspecified atom stereocenters. The highest BCUT2D eigenvalue weighted by molar-refractivity contribution is 5.95. The van der Waals surface area contributed by atoms with Crippen LogP contribution in [0.1, 0.15) is 19.4 Å². The van der Waals surface area contributed by atoms with E-state index in [-0.39, 0.29) is 11.1 Å². The molecule has 6 aromatic carbocycles. The zero-order chi connectivity index (χ0) is 35.5. The maximum absolute atomic E-state index is 8.15. The number of para-hydroxylation sites is 6. The lowest BCUT2D eigenvalue weighted by molar-refractivity contribution is 1.10. The van der Waals surface area contributed by atoms with Gasteiger partial charge in [0.05, 0.1) is 44.1 Å². The molecule has 0 spiro atoms. The summed E-state index contributed by atoms with van der Waals surface area (Å²) in [6, 6.07) is 43.2. The van der Waals surface area contributed by atoms with Crippen LogP contribution in [0.15, 0.2) is 133 Å². The number of fused-ring (bicyclic) bond motifs is 10. The Hall–Kier alpha value is -6.14. The van der Waals surface area contributed by atoms with Crippen LogP contribution in [0.5, 0.6) is 0 Å². The lowest BCUT2D eigenvalue weighted by atomic mass is 10.0. The van der Waals surface area contributed by atoms with Gasteiger partial charge >= 0.3 is 0 Å². The van der Waals surface area contributed by atoms with E-state index in [0.717, 1.165) is 55.6 Å². The number of nitrogens with zero attached hydrogens (tertiary/aromatic N) is 6. The van der Waals surface area contributed by atoms with Gasteiger partial charge in [0, 0.05) is 19.6 Å². The van der Waals surface area contributed by atoms with Crippen LogP contribution in [0, 0.1) is 13.7 Å². The van der Waals surface area contributed by atoms with Crippen molar-refractivity contribution in [1.82, 2.24) is 27.9 Å². The van der Waals surface area contributed by atoms with Gasteiger partial charge in [-0.25, -0.2) is 9.97 Å². The summed E-state index contributed by atoms with van der Waals surface area (Å²) in [5, 5.41) is 0. The molecule has 4 heterocycles. The molecule has 6 nitrogen and oxygen atoms in total. The van der Waals surface area contributed by atoms with Crippen LogP contribution in [0.3, 0.4) is 0 Å². The van der Waals surface area contributed by atoms with Gasteiger partial charge in [-0.15, -0.1) is 0 Å². The summed E-state index contributed by atoms with van der Waals surface area (Å²) in [5.74, 6) is 1.26. The number of hydrogen-bond donors (Lipinski definition) is 0. The number of hydrogen-bond acceptors (Lipinski definition) is 2. The van der Waals surface area contributed by atoms with Crippen LogP contribution in [0.4, 0.5) is 0 Å². The normalized spacial score (nSPS) is 14.6. The molecule has 6 heteroatoms. The van der Waals surface area contributed by atoms with Gasteiger partial charge < -0.3 is 0 Å². The Labute approximate surface area is 272 Å². The van der Waals surface area contributed by atoms with E-state index in [1.54, 1.807) is 24.3 Å². The molecule has 0 N–H and O–H groups in total. The van der Waals surface area contributed by atoms with Crippen molar-refractivity contribution < 1.29 is 8.22 Å². The third kappa shape index (κ3) is 3.35. The fourth-order valence-electron chi connectivity index (χ4n) is 7.01. The van der Waals surface area contributed by atoms with E-state index < -0.39 is 13.7 Å². The van der Waals surface area contributed by atoms with Gasteiger partial charge in [-0.05, 0) is 96.6 Å². The van der Waals surface area contributed by atoms with E-state index >= 15 is 0 Å². The molecule has 0 aliphatic carbocycles. The smallest absolute Gasteiger partial charge is 0.220 e. The first kappa shape index (κ1) is 20.0. The van der Waals surface area contributed by atoms with Crippen molar-refractivity contribution >= 4 is 55.7 Å². The van der Waals surface area contributed by atoms with E-state index in [9.17, 15) is 0 Å². The zero-order valence-corrected chi connectivity index (χ0v) is 24.4. The minimum Gasteiger partial charge on any atom is -0.278 e. The van der Waals surface area contributed by atoms with Gasteiger partial charge in [-0.3, -0.25) is 17.9 Å². The van der Waals surface area contributed by atoms with Crippen molar-refractivity contribution in [2.45, 2.75) is 13.7 Å². The van der Waals surface area contributed by atoms with Crippen molar-refractivity contribution in [3.8, 4) is 22.5 Å². The summed E-state index contributed by atoms with van der Waals surface area (Å²) < 4.78 is 57.1. The Morgan fingerprint density at radius 2 is 0.848 bits per heavy atom. The topological polar surface area (TPSA) is 44.5 Å². The molecule has 0 atom stereocenters. The maximum Gasteiger partial charge on any atom is 0.220 e. The third-order valence-electron chi connectivity index (χ3n) is 9.00. The highest BCUT2D eigenvalue weighted by Gasteiger charge is 2.20. The van der Waals surface area contributed by atoms with Crippen LogP contribution in [0.2, 0.25) is 0 Å². The molecular weight excluding hydrogens is 564 g/mol. The predicted octanol–water partition coefficient (Wildman–Crippen LogP) is 9.46. The fraction of sp³-hybridized carbons (Fsp3) is 0.0500. The van der Waals surface area contributed by atoms with E-state index in [4.69, 9.17) is 18.2 Å². The Kier molecular flexibility index (Phi) is 3.99. The molecule has 0 fully saturated rings. The molecule has 10 rings (SSSR count). The van der Waals surface area contributed by atoms with E-state index in [2.05, 4.69) is 33.4 Å². The van der Waals surface area contributed by atoms with Gasteiger partial charge in [0.15, 0.2) is 0 Å². The lowest BCUT2D eigenvalue weighted by Crippen LogP contribution is -1.97. The van der Waals surface area contributed by atoms with Crippen molar-refractivity contribution in [3.05, 3.63) is 145 Å². The maximum atomic E-state index is 8.15. The second-order valence-corrected chi connectivity index (χ2v) is 11.6. The Balaban J connectivity index is 1.17. The largest absolute Gasteiger partial charge is 0.278 e. The molecule has 4 aromatic heterocycles. The van der Waals surface area contributed by atoms with Crippen LogP contribution >= 0.6 is 0 Å². The third-order valence-corrected chi connectivity index (χ3v) is 9.00. The Morgan fingerprint density at radius 1 is 0.435 bits per heavy atom. The first-order valence-electron chi connectivity index (χ1n) is 18.1. The molecule has 0 saturated carbocycles. The number of benzene rings is 6. The lowest BCUT2D eigenvalue weighted by Gasteiger charge is -2.11. The second kappa shape index (κ2) is 9.19. The van der Waals surface area contributed by atoms with Crippen LogP contribution in [-0.4, -0.2) is 27.9 Å². The Morgan fingerprint density at radius 3 is 1.30 bits per heavy atom. The summed E-state index contributed by atoms with van der Waals surface area (Å²) in [6.07, 6.45) is 0. The number of aryl methyl sites for hydroxylation is 2. The van der Waals surface area contributed by atoms with Gasteiger partial charge in [-0.2, -0.15) is 0 Å². The van der Waals surface area contributed by atoms with Crippen LogP contribution < -0.4 is 0 Å². The molecule has 218 valence electrons. The van der Waals surface area contributed by atoms with Gasteiger partial charge in [0.25, 0.3) is 0 Å². The number of imidazole rings is 4. The summed E-state index contributed by atoms with van der Waals surface area (Å²) in [5.41, 5.74) is 10.3. The Bertz CT molecular complexity index is 2860. The van der Waals surface area contributed by atoms with Crippen molar-refractivity contribution in [1.29, 1.82) is 0 Å². The molecule has 0 aliphatic rings. The monoisotopic (exact) mass is 598 g/mol. The fourth-order valence-corrected chi connectivity index (χ4v) is 7.01. The van der Waals surface area contributed by atoms with Crippen molar-refractivity contribution in [2.24, 2.45) is 0 Å². The second-order valence-electron chi connectivity index (χ2n) is 11.6. The SMILES string of the molecule is [2H]C([2H])([2H])c1cccc2c1nc1n(-c3cccc(-c4cccc(-n5c6ccccc6n6c7cccc(C([2H])([2H])[2H])c7nc56)c4)c3)c3ccccc3n21. The van der Waals surface area contributed by atoms with Crippen LogP contribution in [-0.2, 0) is 0 Å². The molecule has 0 aliphatic heterocycles. The quantitative estimate of drug-likeness (QED) is 0.203. The summed E-state index contributed by atoms with van der Waals surface area (Å²) >= 11 is 0.